The highest BCUT2D eigenvalue weighted by Gasteiger charge is 2.33. The molecule has 70 valence electrons. The summed E-state index contributed by atoms with van der Waals surface area (Å²) in [7, 11) is 5.72. The van der Waals surface area contributed by atoms with E-state index in [-0.39, 0.29) is 11.8 Å². The monoisotopic (exact) mass is 170 g/mol. The number of likely N-dealkylation sites (tertiary alicyclic amines) is 1. The van der Waals surface area contributed by atoms with E-state index < -0.39 is 0 Å². The van der Waals surface area contributed by atoms with Crippen molar-refractivity contribution in [3.05, 3.63) is 0 Å². The molecule has 1 amide bonds. The first-order valence-corrected chi connectivity index (χ1v) is 4.42. The Bertz CT molecular complexity index is 179. The zero-order valence-corrected chi connectivity index (χ0v) is 8.37. The van der Waals surface area contributed by atoms with Gasteiger partial charge in [0.1, 0.15) is 0 Å². The van der Waals surface area contributed by atoms with Gasteiger partial charge in [0, 0.05) is 27.2 Å². The van der Waals surface area contributed by atoms with Crippen LogP contribution >= 0.6 is 0 Å². The lowest BCUT2D eigenvalue weighted by Gasteiger charge is -2.18. The van der Waals surface area contributed by atoms with E-state index in [2.05, 4.69) is 18.9 Å². The van der Waals surface area contributed by atoms with Crippen molar-refractivity contribution in [3.63, 3.8) is 0 Å². The molecule has 3 heteroatoms. The fourth-order valence-electron chi connectivity index (χ4n) is 1.86. The first-order valence-electron chi connectivity index (χ1n) is 4.42. The molecule has 12 heavy (non-hydrogen) atoms. The van der Waals surface area contributed by atoms with E-state index in [1.807, 2.05) is 14.1 Å². The van der Waals surface area contributed by atoms with E-state index in [0.717, 1.165) is 13.1 Å². The van der Waals surface area contributed by atoms with Crippen molar-refractivity contribution in [1.29, 1.82) is 0 Å². The number of carbonyl (C=O) groups is 1. The minimum atomic E-state index is 0.213. The number of rotatable bonds is 1. The van der Waals surface area contributed by atoms with E-state index in [4.69, 9.17) is 0 Å². The molecule has 1 aliphatic rings. The molecule has 0 N–H and O–H groups in total. The highest BCUT2D eigenvalue weighted by atomic mass is 16.2. The van der Waals surface area contributed by atoms with Crippen LogP contribution in [0.25, 0.3) is 0 Å². The molecular formula is C9H18N2O. The van der Waals surface area contributed by atoms with Crippen LogP contribution in [0.4, 0.5) is 0 Å². The molecule has 0 aromatic carbocycles. The Morgan fingerprint density at radius 3 is 2.33 bits per heavy atom. The van der Waals surface area contributed by atoms with E-state index >= 15 is 0 Å². The lowest BCUT2D eigenvalue weighted by Crippen LogP contribution is -2.33. The summed E-state index contributed by atoms with van der Waals surface area (Å²) in [6.45, 7) is 4.11. The molecule has 0 aromatic heterocycles. The van der Waals surface area contributed by atoms with Crippen LogP contribution in [0, 0.1) is 11.8 Å². The maximum atomic E-state index is 11.6. The van der Waals surface area contributed by atoms with Crippen LogP contribution in [0.15, 0.2) is 0 Å². The molecule has 0 aromatic rings. The number of hydrogen-bond donors (Lipinski definition) is 0. The molecule has 3 nitrogen and oxygen atoms in total. The molecule has 0 radical (unpaired) electrons. The van der Waals surface area contributed by atoms with Crippen LogP contribution in [0.1, 0.15) is 6.92 Å². The zero-order chi connectivity index (χ0) is 9.30. The first kappa shape index (κ1) is 9.52. The van der Waals surface area contributed by atoms with Gasteiger partial charge in [0.25, 0.3) is 0 Å². The molecule has 1 aliphatic heterocycles. The fraction of sp³-hybridized carbons (Fsp3) is 0.889. The van der Waals surface area contributed by atoms with Crippen molar-refractivity contribution in [3.8, 4) is 0 Å². The lowest BCUT2D eigenvalue weighted by atomic mass is 9.97. The van der Waals surface area contributed by atoms with Crippen molar-refractivity contribution < 1.29 is 4.79 Å². The minimum Gasteiger partial charge on any atom is -0.349 e. The molecule has 0 unspecified atom stereocenters. The lowest BCUT2D eigenvalue weighted by molar-refractivity contribution is -0.133. The Balaban J connectivity index is 2.58. The Morgan fingerprint density at radius 1 is 1.42 bits per heavy atom. The summed E-state index contributed by atoms with van der Waals surface area (Å²) in [5.74, 6) is 0.988. The number of nitrogens with zero attached hydrogens (tertiary/aromatic N) is 2. The van der Waals surface area contributed by atoms with Gasteiger partial charge in [0.2, 0.25) is 5.91 Å². The van der Waals surface area contributed by atoms with E-state index in [1.54, 1.807) is 4.90 Å². The molecule has 0 bridgehead atoms. The summed E-state index contributed by atoms with van der Waals surface area (Å²) >= 11 is 0. The molecule has 0 spiro atoms. The molecular weight excluding hydrogens is 152 g/mol. The minimum absolute atomic E-state index is 0.213. The van der Waals surface area contributed by atoms with Gasteiger partial charge < -0.3 is 9.80 Å². The van der Waals surface area contributed by atoms with E-state index in [1.165, 1.54) is 0 Å². The third-order valence-electron chi connectivity index (χ3n) is 2.55. The second-order valence-electron chi connectivity index (χ2n) is 4.04. The van der Waals surface area contributed by atoms with Crippen molar-refractivity contribution in [1.82, 2.24) is 9.80 Å². The van der Waals surface area contributed by atoms with Gasteiger partial charge in [-0.15, -0.1) is 0 Å². The number of amides is 1. The van der Waals surface area contributed by atoms with Gasteiger partial charge in [0.05, 0.1) is 5.92 Å². The standard InChI is InChI=1S/C9H18N2O/c1-7-5-11(4)6-8(7)9(12)10(2)3/h7-8H,5-6H2,1-4H3/t7-,8-/m1/s1. The molecule has 1 heterocycles. The molecule has 1 saturated heterocycles. The Kier molecular flexibility index (Phi) is 2.73. The maximum absolute atomic E-state index is 11.6. The highest BCUT2D eigenvalue weighted by molar-refractivity contribution is 5.79. The normalized spacial score (nSPS) is 30.7. The summed E-state index contributed by atoms with van der Waals surface area (Å²) in [6, 6.07) is 0. The SMILES string of the molecule is C[C@@H]1CN(C)C[C@H]1C(=O)N(C)C. The predicted molar refractivity (Wildman–Crippen MR) is 48.8 cm³/mol. The van der Waals surface area contributed by atoms with Gasteiger partial charge in [-0.05, 0) is 13.0 Å². The quantitative estimate of drug-likeness (QED) is 0.564. The van der Waals surface area contributed by atoms with Gasteiger partial charge >= 0.3 is 0 Å². The van der Waals surface area contributed by atoms with Crippen molar-refractivity contribution >= 4 is 5.91 Å². The largest absolute Gasteiger partial charge is 0.349 e. The van der Waals surface area contributed by atoms with Crippen molar-refractivity contribution in [2.45, 2.75) is 6.92 Å². The van der Waals surface area contributed by atoms with Crippen LogP contribution in [0.2, 0.25) is 0 Å². The molecule has 1 fully saturated rings. The van der Waals surface area contributed by atoms with Crippen LogP contribution in [-0.2, 0) is 4.79 Å². The van der Waals surface area contributed by atoms with Crippen LogP contribution in [0.5, 0.6) is 0 Å². The third-order valence-corrected chi connectivity index (χ3v) is 2.55. The summed E-state index contributed by atoms with van der Waals surface area (Å²) in [5.41, 5.74) is 0. The topological polar surface area (TPSA) is 23.6 Å². The van der Waals surface area contributed by atoms with Gasteiger partial charge in [0.15, 0.2) is 0 Å². The summed E-state index contributed by atoms with van der Waals surface area (Å²) in [5, 5.41) is 0. The Hall–Kier alpha value is -0.570. The van der Waals surface area contributed by atoms with Gasteiger partial charge in [-0.3, -0.25) is 4.79 Å². The summed E-state index contributed by atoms with van der Waals surface area (Å²) < 4.78 is 0. The Morgan fingerprint density at radius 2 is 2.00 bits per heavy atom. The van der Waals surface area contributed by atoms with Crippen LogP contribution in [0.3, 0.4) is 0 Å². The average Bonchev–Trinajstić information content (AvgIpc) is 2.28. The van der Waals surface area contributed by atoms with E-state index in [0.29, 0.717) is 5.92 Å². The molecule has 0 aliphatic carbocycles. The van der Waals surface area contributed by atoms with Gasteiger partial charge in [-0.1, -0.05) is 6.92 Å². The number of carbonyl (C=O) groups excluding carboxylic acids is 1. The highest BCUT2D eigenvalue weighted by Crippen LogP contribution is 2.22. The zero-order valence-electron chi connectivity index (χ0n) is 8.37. The van der Waals surface area contributed by atoms with Gasteiger partial charge in [-0.25, -0.2) is 0 Å². The maximum Gasteiger partial charge on any atom is 0.226 e. The van der Waals surface area contributed by atoms with Crippen molar-refractivity contribution in [2.24, 2.45) is 11.8 Å². The smallest absolute Gasteiger partial charge is 0.226 e. The second-order valence-corrected chi connectivity index (χ2v) is 4.04. The second kappa shape index (κ2) is 3.44. The van der Waals surface area contributed by atoms with Crippen molar-refractivity contribution in [2.75, 3.05) is 34.2 Å². The number of hydrogen-bond acceptors (Lipinski definition) is 2. The molecule has 1 rings (SSSR count). The van der Waals surface area contributed by atoms with Crippen LogP contribution < -0.4 is 0 Å². The molecule has 2 atom stereocenters. The summed E-state index contributed by atoms with van der Waals surface area (Å²) in [6.07, 6.45) is 0. The third kappa shape index (κ3) is 1.78. The van der Waals surface area contributed by atoms with Crippen LogP contribution in [-0.4, -0.2) is 49.9 Å². The van der Waals surface area contributed by atoms with E-state index in [9.17, 15) is 4.79 Å². The average molecular weight is 170 g/mol. The van der Waals surface area contributed by atoms with Gasteiger partial charge in [-0.2, -0.15) is 0 Å². The summed E-state index contributed by atoms with van der Waals surface area (Å²) in [4.78, 5) is 15.5. The first-order chi connectivity index (χ1) is 5.52. The molecule has 0 saturated carbocycles. The fourth-order valence-corrected chi connectivity index (χ4v) is 1.86. The Labute approximate surface area is 74.3 Å². The predicted octanol–water partition coefficient (Wildman–Crippen LogP) is 0.272.